The number of phenols is 1. The molecule has 20 heavy (non-hydrogen) atoms. The monoisotopic (exact) mass is 291 g/mol. The Hall–Kier alpha value is -1.55. The Balaban J connectivity index is 1.77. The summed E-state index contributed by atoms with van der Waals surface area (Å²) in [7, 11) is 0. The van der Waals surface area contributed by atoms with Gasteiger partial charge in [0.1, 0.15) is 5.75 Å². The number of halogens is 1. The largest absolute Gasteiger partial charge is 0.506 e. The van der Waals surface area contributed by atoms with Crippen LogP contribution in [-0.2, 0) is 9.59 Å². The van der Waals surface area contributed by atoms with Crippen molar-refractivity contribution in [2.75, 3.05) is 4.90 Å². The number of imide groups is 1. The van der Waals surface area contributed by atoms with Gasteiger partial charge in [0.15, 0.2) is 0 Å². The maximum atomic E-state index is 12.6. The van der Waals surface area contributed by atoms with Crippen molar-refractivity contribution in [3.8, 4) is 5.75 Å². The van der Waals surface area contributed by atoms with Crippen LogP contribution >= 0.6 is 11.6 Å². The van der Waals surface area contributed by atoms with E-state index in [0.29, 0.717) is 16.9 Å². The second-order valence-corrected chi connectivity index (χ2v) is 6.47. The van der Waals surface area contributed by atoms with Crippen LogP contribution < -0.4 is 4.90 Å². The lowest BCUT2D eigenvalue weighted by Gasteiger charge is -2.19. The van der Waals surface area contributed by atoms with Gasteiger partial charge in [-0.1, -0.05) is 11.6 Å². The molecule has 1 heterocycles. The van der Waals surface area contributed by atoms with Gasteiger partial charge in [0.2, 0.25) is 11.8 Å². The Kier molecular flexibility index (Phi) is 2.43. The van der Waals surface area contributed by atoms with Crippen molar-refractivity contribution in [1.29, 1.82) is 0 Å². The summed E-state index contributed by atoms with van der Waals surface area (Å²) in [5.74, 6) is -0.0596. The van der Waals surface area contributed by atoms with E-state index in [1.807, 2.05) is 0 Å². The van der Waals surface area contributed by atoms with Gasteiger partial charge in [-0.05, 0) is 43.2 Å². The highest BCUT2D eigenvalue weighted by Crippen LogP contribution is 2.57. The minimum absolute atomic E-state index is 0.119. The van der Waals surface area contributed by atoms with Crippen molar-refractivity contribution in [3.63, 3.8) is 0 Å². The van der Waals surface area contributed by atoms with Crippen LogP contribution in [0.15, 0.2) is 18.2 Å². The number of phenolic OH excluding ortho intramolecular Hbond substituents is 1. The summed E-state index contributed by atoms with van der Waals surface area (Å²) in [4.78, 5) is 26.3. The number of nitrogens with zero attached hydrogens (tertiary/aromatic N) is 1. The van der Waals surface area contributed by atoms with Crippen LogP contribution in [-0.4, -0.2) is 16.9 Å². The first kappa shape index (κ1) is 12.2. The quantitative estimate of drug-likeness (QED) is 0.809. The predicted molar refractivity (Wildman–Crippen MR) is 73.4 cm³/mol. The van der Waals surface area contributed by atoms with E-state index in [1.165, 1.54) is 17.0 Å². The Morgan fingerprint density at radius 1 is 1.10 bits per heavy atom. The van der Waals surface area contributed by atoms with E-state index in [4.69, 9.17) is 11.6 Å². The van der Waals surface area contributed by atoms with Crippen molar-refractivity contribution in [1.82, 2.24) is 0 Å². The van der Waals surface area contributed by atoms with Crippen molar-refractivity contribution in [2.45, 2.75) is 19.3 Å². The van der Waals surface area contributed by atoms with Crippen LogP contribution in [0.1, 0.15) is 19.3 Å². The first-order valence-corrected chi connectivity index (χ1v) is 7.32. The van der Waals surface area contributed by atoms with Gasteiger partial charge in [-0.15, -0.1) is 0 Å². The van der Waals surface area contributed by atoms with E-state index in [-0.39, 0.29) is 35.1 Å². The first-order valence-electron chi connectivity index (χ1n) is 6.94. The molecule has 0 spiro atoms. The number of rotatable bonds is 1. The fraction of sp³-hybridized carbons (Fsp3) is 0.467. The van der Waals surface area contributed by atoms with Crippen LogP contribution in [0.3, 0.4) is 0 Å². The number of benzene rings is 1. The maximum Gasteiger partial charge on any atom is 0.238 e. The smallest absolute Gasteiger partial charge is 0.238 e. The number of amides is 2. The highest BCUT2D eigenvalue weighted by molar-refractivity contribution is 6.31. The average Bonchev–Trinajstić information content (AvgIpc) is 3.06. The van der Waals surface area contributed by atoms with Crippen molar-refractivity contribution in [3.05, 3.63) is 23.2 Å². The second kappa shape index (κ2) is 3.98. The molecule has 2 bridgehead atoms. The van der Waals surface area contributed by atoms with Crippen LogP contribution in [0.25, 0.3) is 0 Å². The Labute approximate surface area is 121 Å². The number of anilines is 1. The van der Waals surface area contributed by atoms with Gasteiger partial charge < -0.3 is 5.11 Å². The van der Waals surface area contributed by atoms with Gasteiger partial charge in [-0.2, -0.15) is 0 Å². The molecule has 4 atom stereocenters. The number of aromatic hydroxyl groups is 1. The van der Waals surface area contributed by atoms with Gasteiger partial charge in [0.05, 0.1) is 17.5 Å². The van der Waals surface area contributed by atoms with E-state index in [1.54, 1.807) is 6.07 Å². The van der Waals surface area contributed by atoms with Crippen LogP contribution in [0.2, 0.25) is 5.02 Å². The van der Waals surface area contributed by atoms with E-state index >= 15 is 0 Å². The molecule has 2 saturated carbocycles. The molecule has 1 aromatic rings. The van der Waals surface area contributed by atoms with Crippen LogP contribution in [0, 0.1) is 23.7 Å². The van der Waals surface area contributed by atoms with Gasteiger partial charge in [0.25, 0.3) is 0 Å². The zero-order valence-electron chi connectivity index (χ0n) is 10.8. The SMILES string of the molecule is O=C1[C@@H]2[C@@H]3CC[C@@H](C3)[C@@H]2C(=O)N1c1ccc(Cl)cc1O. The molecule has 1 saturated heterocycles. The molecule has 2 amide bonds. The minimum atomic E-state index is -0.170. The van der Waals surface area contributed by atoms with E-state index in [2.05, 4.69) is 0 Å². The normalized spacial score (nSPS) is 35.0. The minimum Gasteiger partial charge on any atom is -0.506 e. The van der Waals surface area contributed by atoms with Crippen molar-refractivity contribution in [2.24, 2.45) is 23.7 Å². The third-order valence-corrected chi connectivity index (χ3v) is 5.34. The maximum absolute atomic E-state index is 12.6. The van der Waals surface area contributed by atoms with Crippen LogP contribution in [0.5, 0.6) is 5.75 Å². The van der Waals surface area contributed by atoms with Gasteiger partial charge in [-0.3, -0.25) is 9.59 Å². The Bertz CT molecular complexity index is 602. The summed E-state index contributed by atoms with van der Waals surface area (Å²) in [5, 5.41) is 10.3. The highest BCUT2D eigenvalue weighted by Gasteiger charge is 2.61. The third kappa shape index (κ3) is 1.43. The zero-order chi connectivity index (χ0) is 14.0. The first-order chi connectivity index (χ1) is 9.58. The summed E-state index contributed by atoms with van der Waals surface area (Å²) in [6.45, 7) is 0. The molecule has 0 unspecified atom stereocenters. The summed E-state index contributed by atoms with van der Waals surface area (Å²) in [6, 6.07) is 4.48. The fourth-order valence-electron chi connectivity index (χ4n) is 4.33. The summed E-state index contributed by atoms with van der Waals surface area (Å²) < 4.78 is 0. The Morgan fingerprint density at radius 3 is 2.25 bits per heavy atom. The average molecular weight is 292 g/mol. The van der Waals surface area contributed by atoms with Gasteiger partial charge in [-0.25, -0.2) is 4.90 Å². The summed E-state index contributed by atoms with van der Waals surface area (Å²) >= 11 is 5.80. The molecule has 4 rings (SSSR count). The molecule has 4 nitrogen and oxygen atoms in total. The molecule has 104 valence electrons. The van der Waals surface area contributed by atoms with Crippen molar-refractivity contribution >= 4 is 29.1 Å². The molecule has 5 heteroatoms. The number of fused-ring (bicyclic) bond motifs is 5. The summed E-state index contributed by atoms with van der Waals surface area (Å²) in [6.07, 6.45) is 3.10. The molecule has 0 radical (unpaired) electrons. The predicted octanol–water partition coefficient (Wildman–Crippen LogP) is 2.58. The highest BCUT2D eigenvalue weighted by atomic mass is 35.5. The topological polar surface area (TPSA) is 57.6 Å². The van der Waals surface area contributed by atoms with E-state index in [9.17, 15) is 14.7 Å². The standard InChI is InChI=1S/C15H14ClNO3/c16-9-3-4-10(11(18)6-9)17-14(19)12-7-1-2-8(5-7)13(12)15(17)20/h3-4,6-8,12-13,18H,1-2,5H2/t7-,8+,12-,13+. The molecular formula is C15H14ClNO3. The molecule has 1 aromatic carbocycles. The lowest BCUT2D eigenvalue weighted by molar-refractivity contribution is -0.123. The molecule has 3 fully saturated rings. The van der Waals surface area contributed by atoms with Crippen molar-refractivity contribution < 1.29 is 14.7 Å². The fourth-order valence-corrected chi connectivity index (χ4v) is 4.50. The molecule has 2 aliphatic carbocycles. The number of carbonyl (C=O) groups excluding carboxylic acids is 2. The van der Waals surface area contributed by atoms with E-state index < -0.39 is 0 Å². The van der Waals surface area contributed by atoms with Crippen LogP contribution in [0.4, 0.5) is 5.69 Å². The third-order valence-electron chi connectivity index (χ3n) is 5.11. The summed E-state index contributed by atoms with van der Waals surface area (Å²) in [5.41, 5.74) is 0.262. The molecule has 1 N–H and O–H groups in total. The molecular weight excluding hydrogens is 278 g/mol. The zero-order valence-corrected chi connectivity index (χ0v) is 11.5. The number of hydrogen-bond donors (Lipinski definition) is 1. The molecule has 0 aromatic heterocycles. The number of carbonyl (C=O) groups is 2. The van der Waals surface area contributed by atoms with Gasteiger partial charge in [0, 0.05) is 11.1 Å². The molecule has 3 aliphatic rings. The molecule has 1 aliphatic heterocycles. The number of hydrogen-bond acceptors (Lipinski definition) is 3. The second-order valence-electron chi connectivity index (χ2n) is 6.03. The van der Waals surface area contributed by atoms with E-state index in [0.717, 1.165) is 19.3 Å². The lowest BCUT2D eigenvalue weighted by atomic mass is 9.81. The lowest BCUT2D eigenvalue weighted by Crippen LogP contribution is -2.32. The Morgan fingerprint density at radius 2 is 1.70 bits per heavy atom. The van der Waals surface area contributed by atoms with Gasteiger partial charge >= 0.3 is 0 Å².